The van der Waals surface area contributed by atoms with E-state index in [9.17, 15) is 4.79 Å². The van der Waals surface area contributed by atoms with E-state index in [2.05, 4.69) is 34.0 Å². The largest absolute Gasteiger partial charge is 0.330 e. The fourth-order valence-corrected chi connectivity index (χ4v) is 3.84. The van der Waals surface area contributed by atoms with Crippen LogP contribution in [0.3, 0.4) is 0 Å². The van der Waals surface area contributed by atoms with Crippen molar-refractivity contribution in [1.82, 2.24) is 14.5 Å². The number of fused-ring (bicyclic) bond motifs is 1. The van der Waals surface area contributed by atoms with Crippen LogP contribution in [-0.2, 0) is 18.4 Å². The smallest absolute Gasteiger partial charge is 0.227 e. The Hall–Kier alpha value is -2.66. The third-order valence-electron chi connectivity index (χ3n) is 5.61. The van der Waals surface area contributed by atoms with E-state index in [1.807, 2.05) is 43.3 Å². The lowest BCUT2D eigenvalue weighted by Crippen LogP contribution is -2.38. The molecule has 1 amide bonds. The summed E-state index contributed by atoms with van der Waals surface area (Å²) in [5, 5.41) is 3.10. The molecule has 5 heteroatoms. The Morgan fingerprint density at radius 2 is 1.81 bits per heavy atom. The van der Waals surface area contributed by atoms with E-state index >= 15 is 0 Å². The van der Waals surface area contributed by atoms with Gasteiger partial charge in [0.05, 0.1) is 17.6 Å². The van der Waals surface area contributed by atoms with Gasteiger partial charge in [0.15, 0.2) is 0 Å². The molecule has 0 saturated carbocycles. The number of nitrogens with zero attached hydrogens (tertiary/aromatic N) is 3. The third-order valence-corrected chi connectivity index (χ3v) is 5.61. The quantitative estimate of drug-likeness (QED) is 0.769. The van der Waals surface area contributed by atoms with Crippen molar-refractivity contribution in [3.8, 4) is 0 Å². The van der Waals surface area contributed by atoms with Crippen molar-refractivity contribution in [1.29, 1.82) is 0 Å². The first-order chi connectivity index (χ1) is 13.1. The van der Waals surface area contributed by atoms with Crippen LogP contribution in [0.1, 0.15) is 24.2 Å². The number of hydrogen-bond acceptors (Lipinski definition) is 3. The number of imidazole rings is 1. The molecule has 1 aromatic heterocycles. The summed E-state index contributed by atoms with van der Waals surface area (Å²) in [5.74, 6) is 1.31. The second kappa shape index (κ2) is 7.53. The fourth-order valence-electron chi connectivity index (χ4n) is 3.84. The topological polar surface area (TPSA) is 50.2 Å². The Morgan fingerprint density at radius 1 is 1.11 bits per heavy atom. The standard InChI is InChI=1S/C22H26N4O/c1-16-7-3-4-8-18(16)24-22(27)17-11-13-26(14-12-17)15-21-23-19-9-5-6-10-20(19)25(21)2/h3-10,17H,11-15H2,1-2H3,(H,24,27). The van der Waals surface area contributed by atoms with E-state index in [1.54, 1.807) is 0 Å². The Bertz CT molecular complexity index is 954. The van der Waals surface area contributed by atoms with Crippen LogP contribution in [-0.4, -0.2) is 33.4 Å². The molecular formula is C22H26N4O. The number of aryl methyl sites for hydroxylation is 2. The molecule has 27 heavy (non-hydrogen) atoms. The molecule has 3 aromatic rings. The van der Waals surface area contributed by atoms with E-state index < -0.39 is 0 Å². The SMILES string of the molecule is Cc1ccccc1NC(=O)C1CCN(Cc2nc3ccccc3n2C)CC1. The summed E-state index contributed by atoms with van der Waals surface area (Å²) in [7, 11) is 2.08. The van der Waals surface area contributed by atoms with Crippen LogP contribution < -0.4 is 5.32 Å². The van der Waals surface area contributed by atoms with E-state index in [0.717, 1.165) is 55.1 Å². The molecular weight excluding hydrogens is 336 g/mol. The van der Waals surface area contributed by atoms with Crippen molar-refractivity contribution >= 4 is 22.6 Å². The summed E-state index contributed by atoms with van der Waals surface area (Å²) in [5.41, 5.74) is 4.23. The van der Waals surface area contributed by atoms with Crippen molar-refractivity contribution in [2.45, 2.75) is 26.3 Å². The summed E-state index contributed by atoms with van der Waals surface area (Å²) < 4.78 is 2.17. The number of carbonyl (C=O) groups is 1. The van der Waals surface area contributed by atoms with Gasteiger partial charge in [-0.3, -0.25) is 9.69 Å². The van der Waals surface area contributed by atoms with Gasteiger partial charge in [-0.1, -0.05) is 30.3 Å². The molecule has 0 atom stereocenters. The van der Waals surface area contributed by atoms with Gasteiger partial charge in [0.1, 0.15) is 5.82 Å². The first-order valence-corrected chi connectivity index (χ1v) is 9.61. The first kappa shape index (κ1) is 17.7. The molecule has 1 N–H and O–H groups in total. The van der Waals surface area contributed by atoms with Crippen LogP contribution in [0, 0.1) is 12.8 Å². The number of nitrogens with one attached hydrogen (secondary N) is 1. The molecule has 1 aliphatic heterocycles. The predicted octanol–water partition coefficient (Wildman–Crippen LogP) is 3.73. The Balaban J connectivity index is 1.35. The normalized spacial score (nSPS) is 15.9. The highest BCUT2D eigenvalue weighted by molar-refractivity contribution is 5.93. The third kappa shape index (κ3) is 3.74. The second-order valence-corrected chi connectivity index (χ2v) is 7.43. The zero-order valence-electron chi connectivity index (χ0n) is 16.0. The van der Waals surface area contributed by atoms with Crippen molar-refractivity contribution < 1.29 is 4.79 Å². The van der Waals surface area contributed by atoms with Gasteiger partial charge in [-0.15, -0.1) is 0 Å². The number of anilines is 1. The zero-order chi connectivity index (χ0) is 18.8. The number of aromatic nitrogens is 2. The number of rotatable bonds is 4. The van der Waals surface area contributed by atoms with Gasteiger partial charge < -0.3 is 9.88 Å². The second-order valence-electron chi connectivity index (χ2n) is 7.43. The van der Waals surface area contributed by atoms with Crippen molar-refractivity contribution in [3.05, 3.63) is 59.9 Å². The number of carbonyl (C=O) groups excluding carboxylic acids is 1. The number of hydrogen-bond donors (Lipinski definition) is 1. The van der Waals surface area contributed by atoms with E-state index in [0.29, 0.717) is 0 Å². The van der Waals surface area contributed by atoms with Gasteiger partial charge in [-0.2, -0.15) is 0 Å². The number of amides is 1. The maximum atomic E-state index is 12.6. The Labute approximate surface area is 160 Å². The summed E-state index contributed by atoms with van der Waals surface area (Å²) in [6.07, 6.45) is 1.78. The average Bonchev–Trinajstić information content (AvgIpc) is 3.00. The van der Waals surface area contributed by atoms with Gasteiger partial charge in [-0.25, -0.2) is 4.98 Å². The number of piperidine rings is 1. The maximum absolute atomic E-state index is 12.6. The van der Waals surface area contributed by atoms with E-state index in [1.165, 1.54) is 5.52 Å². The highest BCUT2D eigenvalue weighted by atomic mass is 16.1. The molecule has 5 nitrogen and oxygen atoms in total. The van der Waals surface area contributed by atoms with Crippen LogP contribution in [0.2, 0.25) is 0 Å². The zero-order valence-corrected chi connectivity index (χ0v) is 16.0. The molecule has 2 heterocycles. The summed E-state index contributed by atoms with van der Waals surface area (Å²) >= 11 is 0. The van der Waals surface area contributed by atoms with Crippen molar-refractivity contribution in [2.75, 3.05) is 18.4 Å². The predicted molar refractivity (Wildman–Crippen MR) is 109 cm³/mol. The van der Waals surface area contributed by atoms with Crippen LogP contribution in [0.15, 0.2) is 48.5 Å². The van der Waals surface area contributed by atoms with Gasteiger partial charge >= 0.3 is 0 Å². The van der Waals surface area contributed by atoms with Crippen LogP contribution in [0.4, 0.5) is 5.69 Å². The average molecular weight is 362 g/mol. The maximum Gasteiger partial charge on any atom is 0.227 e. The highest BCUT2D eigenvalue weighted by Gasteiger charge is 2.26. The minimum absolute atomic E-state index is 0.0845. The molecule has 0 spiro atoms. The molecule has 2 aromatic carbocycles. The lowest BCUT2D eigenvalue weighted by molar-refractivity contribution is -0.121. The van der Waals surface area contributed by atoms with Crippen LogP contribution >= 0.6 is 0 Å². The fraction of sp³-hybridized carbons (Fsp3) is 0.364. The summed E-state index contributed by atoms with van der Waals surface area (Å²) in [6.45, 7) is 4.70. The molecule has 0 aliphatic carbocycles. The lowest BCUT2D eigenvalue weighted by atomic mass is 9.95. The highest BCUT2D eigenvalue weighted by Crippen LogP contribution is 2.23. The number of likely N-dealkylation sites (tertiary alicyclic amines) is 1. The molecule has 1 saturated heterocycles. The molecule has 0 unspecified atom stereocenters. The Morgan fingerprint density at radius 3 is 2.56 bits per heavy atom. The molecule has 4 rings (SSSR count). The monoisotopic (exact) mass is 362 g/mol. The van der Waals surface area contributed by atoms with Gasteiger partial charge in [0.25, 0.3) is 0 Å². The molecule has 140 valence electrons. The van der Waals surface area contributed by atoms with Gasteiger partial charge in [-0.05, 0) is 56.6 Å². The van der Waals surface area contributed by atoms with E-state index in [4.69, 9.17) is 4.98 Å². The first-order valence-electron chi connectivity index (χ1n) is 9.61. The lowest BCUT2D eigenvalue weighted by Gasteiger charge is -2.31. The van der Waals surface area contributed by atoms with Crippen LogP contribution in [0.5, 0.6) is 0 Å². The minimum Gasteiger partial charge on any atom is -0.330 e. The van der Waals surface area contributed by atoms with Gasteiger partial charge in [0.2, 0.25) is 5.91 Å². The molecule has 1 fully saturated rings. The number of benzene rings is 2. The Kier molecular flexibility index (Phi) is 4.94. The summed E-state index contributed by atoms with van der Waals surface area (Å²) in [4.78, 5) is 19.8. The molecule has 1 aliphatic rings. The van der Waals surface area contributed by atoms with Crippen molar-refractivity contribution in [2.24, 2.45) is 13.0 Å². The van der Waals surface area contributed by atoms with Crippen LogP contribution in [0.25, 0.3) is 11.0 Å². The van der Waals surface area contributed by atoms with Crippen molar-refractivity contribution in [3.63, 3.8) is 0 Å². The molecule has 0 radical (unpaired) electrons. The number of para-hydroxylation sites is 3. The minimum atomic E-state index is 0.0845. The van der Waals surface area contributed by atoms with E-state index in [-0.39, 0.29) is 11.8 Å². The summed E-state index contributed by atoms with van der Waals surface area (Å²) in [6, 6.07) is 16.2. The van der Waals surface area contributed by atoms with Gasteiger partial charge in [0, 0.05) is 18.7 Å². The molecule has 0 bridgehead atoms.